The smallest absolute Gasteiger partial charge is 0.331 e. The molecule has 1 amide bonds. The lowest BCUT2D eigenvalue weighted by Crippen LogP contribution is -2.44. The molecule has 0 saturated carbocycles. The minimum Gasteiger partial charge on any atom is -0.491 e. The van der Waals surface area contributed by atoms with Crippen LogP contribution in [0.15, 0.2) is 24.3 Å². The Labute approximate surface area is 125 Å². The molecular weight excluding hydrogens is 270 g/mol. The van der Waals surface area contributed by atoms with Gasteiger partial charge in [0.2, 0.25) is 5.91 Å². The van der Waals surface area contributed by atoms with Crippen molar-refractivity contribution in [3.05, 3.63) is 29.8 Å². The summed E-state index contributed by atoms with van der Waals surface area (Å²) in [5.74, 6) is -0.164. The number of ether oxygens (including phenoxy) is 2. The van der Waals surface area contributed by atoms with E-state index in [4.69, 9.17) is 4.74 Å². The van der Waals surface area contributed by atoms with Crippen molar-refractivity contribution < 1.29 is 19.1 Å². The number of aryl methyl sites for hydroxylation is 1. The van der Waals surface area contributed by atoms with E-state index in [1.54, 1.807) is 0 Å². The number of methoxy groups -OCH3 is 1. The van der Waals surface area contributed by atoms with E-state index in [1.165, 1.54) is 19.6 Å². The van der Waals surface area contributed by atoms with Crippen LogP contribution in [-0.2, 0) is 20.7 Å². The van der Waals surface area contributed by atoms with Gasteiger partial charge >= 0.3 is 5.97 Å². The molecule has 1 aromatic rings. The van der Waals surface area contributed by atoms with Gasteiger partial charge in [0.15, 0.2) is 6.04 Å². The van der Waals surface area contributed by atoms with Gasteiger partial charge in [-0.25, -0.2) is 4.79 Å². The Morgan fingerprint density at radius 2 is 1.90 bits per heavy atom. The fraction of sp³-hybridized carbons (Fsp3) is 0.500. The Hall–Kier alpha value is -2.04. The van der Waals surface area contributed by atoms with Gasteiger partial charge in [-0.3, -0.25) is 4.79 Å². The summed E-state index contributed by atoms with van der Waals surface area (Å²) in [7, 11) is 1.28. The monoisotopic (exact) mass is 293 g/mol. The zero-order valence-corrected chi connectivity index (χ0v) is 12.8. The molecule has 0 aromatic heterocycles. The number of rotatable bonds is 8. The Bertz CT molecular complexity index is 456. The molecule has 0 fully saturated rings. The third-order valence-electron chi connectivity index (χ3n) is 3.02. The van der Waals surface area contributed by atoms with Gasteiger partial charge in [0.1, 0.15) is 12.4 Å². The summed E-state index contributed by atoms with van der Waals surface area (Å²) in [5.41, 5.74) is 1.26. The first kappa shape index (κ1) is 17.0. The molecule has 0 saturated heterocycles. The van der Waals surface area contributed by atoms with E-state index < -0.39 is 12.0 Å². The maximum Gasteiger partial charge on any atom is 0.331 e. The maximum atomic E-state index is 11.5. The first-order valence-corrected chi connectivity index (χ1v) is 7.13. The largest absolute Gasteiger partial charge is 0.491 e. The normalized spacial score (nSPS) is 11.6. The fourth-order valence-electron chi connectivity index (χ4n) is 1.87. The van der Waals surface area contributed by atoms with Crippen LogP contribution in [0, 0.1) is 0 Å². The highest BCUT2D eigenvalue weighted by molar-refractivity contribution is 5.83. The maximum absolute atomic E-state index is 11.5. The third kappa shape index (κ3) is 6.29. The zero-order valence-electron chi connectivity index (χ0n) is 12.8. The van der Waals surface area contributed by atoms with Crippen molar-refractivity contribution in [1.82, 2.24) is 5.32 Å². The van der Waals surface area contributed by atoms with Gasteiger partial charge in [-0.1, -0.05) is 25.5 Å². The summed E-state index contributed by atoms with van der Waals surface area (Å²) < 4.78 is 10.2. The second-order valence-corrected chi connectivity index (χ2v) is 4.83. The lowest BCUT2D eigenvalue weighted by atomic mass is 10.1. The molecule has 0 aliphatic heterocycles. The number of nitrogens with one attached hydrogen (secondary N) is 1. The van der Waals surface area contributed by atoms with Crippen LogP contribution in [0.5, 0.6) is 5.75 Å². The van der Waals surface area contributed by atoms with Crippen molar-refractivity contribution in [2.45, 2.75) is 39.2 Å². The lowest BCUT2D eigenvalue weighted by molar-refractivity contribution is -0.145. The number of amides is 1. The molecule has 0 aliphatic carbocycles. The predicted molar refractivity (Wildman–Crippen MR) is 80.2 cm³/mol. The van der Waals surface area contributed by atoms with Gasteiger partial charge in [-0.15, -0.1) is 0 Å². The number of hydrogen-bond acceptors (Lipinski definition) is 4. The number of unbranched alkanes of at least 4 members (excludes halogenated alkanes) is 1. The van der Waals surface area contributed by atoms with Crippen molar-refractivity contribution in [1.29, 1.82) is 0 Å². The van der Waals surface area contributed by atoms with Crippen molar-refractivity contribution in [2.75, 3.05) is 13.7 Å². The van der Waals surface area contributed by atoms with Crippen molar-refractivity contribution in [3.63, 3.8) is 0 Å². The van der Waals surface area contributed by atoms with Gasteiger partial charge in [-0.05, 0) is 30.5 Å². The van der Waals surface area contributed by atoms with Crippen LogP contribution in [0.1, 0.15) is 32.3 Å². The van der Waals surface area contributed by atoms with E-state index in [0.29, 0.717) is 5.75 Å². The molecule has 116 valence electrons. The molecule has 1 N–H and O–H groups in total. The van der Waals surface area contributed by atoms with E-state index in [9.17, 15) is 9.59 Å². The van der Waals surface area contributed by atoms with E-state index >= 15 is 0 Å². The number of hydrogen-bond donors (Lipinski definition) is 1. The van der Waals surface area contributed by atoms with E-state index in [2.05, 4.69) is 17.0 Å². The molecule has 1 atom stereocenters. The first-order chi connectivity index (χ1) is 10.1. The van der Waals surface area contributed by atoms with Crippen molar-refractivity contribution in [2.24, 2.45) is 0 Å². The van der Waals surface area contributed by atoms with Gasteiger partial charge in [0, 0.05) is 6.92 Å². The summed E-state index contributed by atoms with van der Waals surface area (Å²) in [6.45, 7) is 3.55. The average Bonchev–Trinajstić information content (AvgIpc) is 2.49. The standard InChI is InChI=1S/C16H23NO4/c1-4-5-6-13-7-9-14(10-8-13)21-11-15(16(19)20-3)17-12(2)18/h7-10,15H,4-6,11H2,1-3H3,(H,17,18). The van der Waals surface area contributed by atoms with Crippen LogP contribution in [-0.4, -0.2) is 31.6 Å². The zero-order chi connectivity index (χ0) is 15.7. The summed E-state index contributed by atoms with van der Waals surface area (Å²) in [6, 6.07) is 6.96. The molecule has 1 aromatic carbocycles. The highest BCUT2D eigenvalue weighted by Gasteiger charge is 2.20. The van der Waals surface area contributed by atoms with Crippen LogP contribution in [0.4, 0.5) is 0 Å². The molecule has 21 heavy (non-hydrogen) atoms. The Morgan fingerprint density at radius 3 is 2.43 bits per heavy atom. The van der Waals surface area contributed by atoms with Crippen molar-refractivity contribution >= 4 is 11.9 Å². The molecule has 1 unspecified atom stereocenters. The second-order valence-electron chi connectivity index (χ2n) is 4.83. The molecule has 5 heteroatoms. The third-order valence-corrected chi connectivity index (χ3v) is 3.02. The second kappa shape index (κ2) is 9.00. The molecular formula is C16H23NO4. The van der Waals surface area contributed by atoms with E-state index in [1.807, 2.05) is 24.3 Å². The SMILES string of the molecule is CCCCc1ccc(OCC(NC(C)=O)C(=O)OC)cc1. The summed E-state index contributed by atoms with van der Waals surface area (Å²) >= 11 is 0. The summed E-state index contributed by atoms with van der Waals surface area (Å²) in [6.07, 6.45) is 3.37. The van der Waals surface area contributed by atoms with Crippen LogP contribution in [0.3, 0.4) is 0 Å². The number of carbonyl (C=O) groups excluding carboxylic acids is 2. The highest BCUT2D eigenvalue weighted by Crippen LogP contribution is 2.14. The van der Waals surface area contributed by atoms with Gasteiger partial charge < -0.3 is 14.8 Å². The van der Waals surface area contributed by atoms with Crippen LogP contribution >= 0.6 is 0 Å². The molecule has 1 rings (SSSR count). The van der Waals surface area contributed by atoms with Gasteiger partial charge in [-0.2, -0.15) is 0 Å². The molecule has 0 heterocycles. The van der Waals surface area contributed by atoms with Crippen molar-refractivity contribution in [3.8, 4) is 5.75 Å². The molecule has 0 spiro atoms. The summed E-state index contributed by atoms with van der Waals surface area (Å²) in [4.78, 5) is 22.6. The van der Waals surface area contributed by atoms with Gasteiger partial charge in [0.05, 0.1) is 7.11 Å². The molecule has 0 aliphatic rings. The fourth-order valence-corrected chi connectivity index (χ4v) is 1.87. The van der Waals surface area contributed by atoms with Gasteiger partial charge in [0.25, 0.3) is 0 Å². The van der Waals surface area contributed by atoms with Crippen LogP contribution in [0.25, 0.3) is 0 Å². The average molecular weight is 293 g/mol. The molecule has 5 nitrogen and oxygen atoms in total. The molecule has 0 bridgehead atoms. The lowest BCUT2D eigenvalue weighted by Gasteiger charge is -2.16. The minimum atomic E-state index is -0.799. The highest BCUT2D eigenvalue weighted by atomic mass is 16.5. The number of benzene rings is 1. The quantitative estimate of drug-likeness (QED) is 0.745. The Morgan fingerprint density at radius 1 is 1.24 bits per heavy atom. The van der Waals surface area contributed by atoms with E-state index in [0.717, 1.165) is 19.3 Å². The topological polar surface area (TPSA) is 64.6 Å². The van der Waals surface area contributed by atoms with E-state index in [-0.39, 0.29) is 12.5 Å². The number of carbonyl (C=O) groups is 2. The Balaban J connectivity index is 2.54. The molecule has 0 radical (unpaired) electrons. The Kier molecular flexibility index (Phi) is 7.29. The summed E-state index contributed by atoms with van der Waals surface area (Å²) in [5, 5.41) is 2.50. The minimum absolute atomic E-state index is 0.0422. The first-order valence-electron chi connectivity index (χ1n) is 7.13. The van der Waals surface area contributed by atoms with Crippen LogP contribution in [0.2, 0.25) is 0 Å². The predicted octanol–water partition coefficient (Wildman–Crippen LogP) is 2.09. The van der Waals surface area contributed by atoms with Crippen LogP contribution < -0.4 is 10.1 Å². The number of esters is 1.